The smallest absolute Gasteiger partial charge is 0.277 e. The van der Waals surface area contributed by atoms with Crippen LogP contribution in [0, 0.1) is 45.6 Å². The van der Waals surface area contributed by atoms with Gasteiger partial charge < -0.3 is 5.73 Å². The molecule has 0 unspecified atom stereocenters. The van der Waals surface area contributed by atoms with Crippen molar-refractivity contribution >= 4 is 23.0 Å². The Balaban J connectivity index is 2.77. The Morgan fingerprint density at radius 3 is 2.56 bits per heavy atom. The minimum Gasteiger partial charge on any atom is -0.374 e. The molecule has 1 aromatic heterocycles. The number of nitrogens with one attached hydrogen (secondary N) is 1. The fraction of sp³-hybridized carbons (Fsp3) is 0.200. The third-order valence-electron chi connectivity index (χ3n) is 3.70. The van der Waals surface area contributed by atoms with Crippen LogP contribution in [0.4, 0.5) is 5.69 Å². The quantitative estimate of drug-likeness (QED) is 0.475. The number of nitro groups is 1. The van der Waals surface area contributed by atoms with Gasteiger partial charge in [0, 0.05) is 29.3 Å². The molecule has 1 heterocycles. The van der Waals surface area contributed by atoms with E-state index in [1.165, 1.54) is 24.3 Å². The van der Waals surface area contributed by atoms with Crippen molar-refractivity contribution < 1.29 is 4.92 Å². The van der Waals surface area contributed by atoms with Crippen molar-refractivity contribution in [1.29, 1.82) is 10.5 Å². The van der Waals surface area contributed by atoms with Gasteiger partial charge in [-0.2, -0.15) is 15.2 Å². The molecule has 2 rings (SSSR count). The molecule has 0 bridgehead atoms. The van der Waals surface area contributed by atoms with Gasteiger partial charge in [0.1, 0.15) is 5.92 Å². The number of hydrogen-bond acceptors (Lipinski definition) is 6. The van der Waals surface area contributed by atoms with Crippen LogP contribution in [-0.2, 0) is 0 Å². The number of benzene rings is 1. The van der Waals surface area contributed by atoms with Gasteiger partial charge in [-0.05, 0) is 24.7 Å². The maximum absolute atomic E-state index is 12.6. The van der Waals surface area contributed by atoms with Crippen LogP contribution in [0.5, 0.6) is 0 Å². The summed E-state index contributed by atoms with van der Waals surface area (Å²) in [5, 5.41) is 32.1. The molecule has 0 fully saturated rings. The third kappa shape index (κ3) is 3.24. The van der Waals surface area contributed by atoms with Crippen LogP contribution in [0.15, 0.2) is 29.1 Å². The summed E-state index contributed by atoms with van der Waals surface area (Å²) in [6.45, 7) is 1.57. The molecule has 9 nitrogen and oxygen atoms in total. The van der Waals surface area contributed by atoms with Crippen molar-refractivity contribution in [2.45, 2.75) is 12.8 Å². The van der Waals surface area contributed by atoms with E-state index in [1.54, 1.807) is 6.92 Å². The first-order valence-corrected chi connectivity index (χ1v) is 7.37. The Kier molecular flexibility index (Phi) is 4.96. The number of nitro benzene ring substituents is 1. The topological polar surface area (TPSA) is 155 Å². The second-order valence-corrected chi connectivity index (χ2v) is 5.61. The van der Waals surface area contributed by atoms with Gasteiger partial charge in [0.2, 0.25) is 0 Å². The Labute approximate surface area is 147 Å². The lowest BCUT2D eigenvalue weighted by Gasteiger charge is -2.16. The molecule has 10 heteroatoms. The fourth-order valence-corrected chi connectivity index (χ4v) is 2.75. The fourth-order valence-electron chi connectivity index (χ4n) is 2.62. The summed E-state index contributed by atoms with van der Waals surface area (Å²) >= 11 is 4.79. The average molecular weight is 356 g/mol. The highest BCUT2D eigenvalue weighted by Crippen LogP contribution is 2.33. The molecule has 2 aromatic rings. The molecule has 3 N–H and O–H groups in total. The summed E-state index contributed by atoms with van der Waals surface area (Å²) in [5.74, 6) is -2.22. The van der Waals surface area contributed by atoms with E-state index in [1.807, 2.05) is 12.1 Å². The normalized spacial score (nSPS) is 11.5. The first kappa shape index (κ1) is 17.8. The van der Waals surface area contributed by atoms with Gasteiger partial charge in [-0.25, -0.2) is 0 Å². The van der Waals surface area contributed by atoms with Crippen molar-refractivity contribution in [3.8, 4) is 12.1 Å². The highest BCUT2D eigenvalue weighted by atomic mass is 32.1. The number of non-ortho nitro benzene ring substituents is 1. The summed E-state index contributed by atoms with van der Waals surface area (Å²) in [6, 6.07) is 9.14. The molecule has 126 valence electrons. The molecule has 0 radical (unpaired) electrons. The molecule has 25 heavy (non-hydrogen) atoms. The van der Waals surface area contributed by atoms with E-state index >= 15 is 0 Å². The number of aromatic nitrogens is 2. The van der Waals surface area contributed by atoms with Crippen LogP contribution in [-0.4, -0.2) is 19.8 Å². The molecule has 0 aliphatic carbocycles. The Morgan fingerprint density at radius 1 is 1.44 bits per heavy atom. The first-order valence-electron chi connectivity index (χ1n) is 6.96. The largest absolute Gasteiger partial charge is 0.374 e. The number of aromatic amines is 1. The Bertz CT molecular complexity index is 980. The molecule has 0 saturated carbocycles. The zero-order valence-corrected chi connectivity index (χ0v) is 13.8. The highest BCUT2D eigenvalue weighted by Gasteiger charge is 2.32. The summed E-state index contributed by atoms with van der Waals surface area (Å²) in [4.78, 5) is 23.0. The van der Waals surface area contributed by atoms with Gasteiger partial charge in [-0.15, -0.1) is 0 Å². The van der Waals surface area contributed by atoms with E-state index in [-0.39, 0.29) is 16.4 Å². The first-order chi connectivity index (χ1) is 11.8. The molecular weight excluding hydrogens is 344 g/mol. The monoisotopic (exact) mass is 356 g/mol. The highest BCUT2D eigenvalue weighted by molar-refractivity contribution is 7.80. The summed E-state index contributed by atoms with van der Waals surface area (Å²) in [5.41, 5.74) is 5.46. The summed E-state index contributed by atoms with van der Waals surface area (Å²) < 4.78 is 0.927. The van der Waals surface area contributed by atoms with E-state index in [9.17, 15) is 25.4 Å². The Hall–Kier alpha value is -3.50. The predicted molar refractivity (Wildman–Crippen MR) is 91.6 cm³/mol. The number of hydrogen-bond donors (Lipinski definition) is 2. The SMILES string of the molecule is Cc1[nH]n(C(N)=S)c(=O)c1[C@H](c1cccc([N+](=O)[O-])c1)C(C#N)C#N. The zero-order chi connectivity index (χ0) is 18.7. The summed E-state index contributed by atoms with van der Waals surface area (Å²) in [7, 11) is 0. The second-order valence-electron chi connectivity index (χ2n) is 5.19. The van der Waals surface area contributed by atoms with Gasteiger partial charge >= 0.3 is 0 Å². The van der Waals surface area contributed by atoms with Crippen LogP contribution in [0.25, 0.3) is 0 Å². The third-order valence-corrected chi connectivity index (χ3v) is 3.88. The number of aryl methyl sites for hydroxylation is 1. The van der Waals surface area contributed by atoms with E-state index in [4.69, 9.17) is 18.0 Å². The van der Waals surface area contributed by atoms with Gasteiger partial charge in [-0.1, -0.05) is 12.1 Å². The van der Waals surface area contributed by atoms with Crippen molar-refractivity contribution in [2.24, 2.45) is 11.7 Å². The predicted octanol–water partition coefficient (Wildman–Crippen LogP) is 1.28. The number of nitrogens with zero attached hydrogens (tertiary/aromatic N) is 4. The van der Waals surface area contributed by atoms with Gasteiger partial charge in [0.25, 0.3) is 11.2 Å². The number of nitriles is 2. The van der Waals surface area contributed by atoms with Crippen molar-refractivity contribution in [1.82, 2.24) is 9.78 Å². The van der Waals surface area contributed by atoms with Gasteiger partial charge in [0.05, 0.1) is 17.1 Å². The van der Waals surface area contributed by atoms with Crippen LogP contribution in [0.2, 0.25) is 0 Å². The lowest BCUT2D eigenvalue weighted by Crippen LogP contribution is -2.32. The molecule has 0 amide bonds. The second kappa shape index (κ2) is 6.95. The van der Waals surface area contributed by atoms with Crippen molar-refractivity contribution in [3.05, 3.63) is 61.6 Å². The van der Waals surface area contributed by atoms with E-state index in [2.05, 4.69) is 5.10 Å². The Morgan fingerprint density at radius 2 is 2.08 bits per heavy atom. The average Bonchev–Trinajstić information content (AvgIpc) is 2.87. The van der Waals surface area contributed by atoms with Gasteiger partial charge in [0.15, 0.2) is 5.11 Å². The number of thiocarbonyl (C=S) groups is 1. The minimum atomic E-state index is -1.23. The lowest BCUT2D eigenvalue weighted by atomic mass is 9.82. The van der Waals surface area contributed by atoms with Crippen molar-refractivity contribution in [2.75, 3.05) is 0 Å². The molecular formula is C15H12N6O3S. The van der Waals surface area contributed by atoms with E-state index in [0.29, 0.717) is 11.3 Å². The molecule has 1 aromatic carbocycles. The maximum atomic E-state index is 12.6. The zero-order valence-electron chi connectivity index (χ0n) is 13.0. The van der Waals surface area contributed by atoms with Crippen LogP contribution in [0.3, 0.4) is 0 Å². The van der Waals surface area contributed by atoms with E-state index in [0.717, 1.165) is 4.68 Å². The number of rotatable bonds is 4. The molecule has 0 aliphatic heterocycles. The van der Waals surface area contributed by atoms with Gasteiger partial charge in [-0.3, -0.25) is 20.0 Å². The van der Waals surface area contributed by atoms with Crippen LogP contribution in [0.1, 0.15) is 22.7 Å². The molecule has 0 saturated heterocycles. The minimum absolute atomic E-state index is 0.112. The number of H-pyrrole nitrogens is 1. The van der Waals surface area contributed by atoms with E-state index < -0.39 is 22.3 Å². The lowest BCUT2D eigenvalue weighted by molar-refractivity contribution is -0.384. The van der Waals surface area contributed by atoms with Crippen molar-refractivity contribution in [3.63, 3.8) is 0 Å². The summed E-state index contributed by atoms with van der Waals surface area (Å²) in [6.07, 6.45) is 0. The number of nitrogens with two attached hydrogens (primary N) is 1. The molecule has 0 aliphatic rings. The van der Waals surface area contributed by atoms with Crippen LogP contribution < -0.4 is 11.3 Å². The molecule has 0 spiro atoms. The standard InChI is InChI=1S/C15H12N6O3S/c1-8-12(14(22)20(19-8)15(18)25)13(10(6-16)7-17)9-3-2-4-11(5-9)21(23)24/h2-5,10,13,19H,1H3,(H2,18,25)/t13-/m1/s1. The van der Waals surface area contributed by atoms with Crippen LogP contribution >= 0.6 is 12.2 Å². The molecule has 1 atom stereocenters. The maximum Gasteiger partial charge on any atom is 0.277 e.